The largest absolute Gasteiger partial charge is 0.352 e. The van der Waals surface area contributed by atoms with Crippen LogP contribution >= 0.6 is 12.4 Å². The van der Waals surface area contributed by atoms with E-state index in [1.54, 1.807) is 24.3 Å². The van der Waals surface area contributed by atoms with E-state index in [0.29, 0.717) is 24.4 Å². The van der Waals surface area contributed by atoms with Crippen molar-refractivity contribution in [3.63, 3.8) is 0 Å². The first kappa shape index (κ1) is 20.5. The number of amides is 2. The molecule has 1 aliphatic heterocycles. The minimum atomic E-state index is -0.0735. The number of carbonyl (C=O) groups excluding carboxylic acids is 2. The fraction of sp³-hybridized carbons (Fsp3) is 0.556. The van der Waals surface area contributed by atoms with Gasteiger partial charge in [0.05, 0.1) is 0 Å². The van der Waals surface area contributed by atoms with Crippen molar-refractivity contribution in [2.75, 3.05) is 25.0 Å². The van der Waals surface area contributed by atoms with E-state index in [1.165, 1.54) is 0 Å². The quantitative estimate of drug-likeness (QED) is 0.705. The molecule has 1 fully saturated rings. The second kappa shape index (κ2) is 11.0. The van der Waals surface area contributed by atoms with Crippen LogP contribution in [0.25, 0.3) is 0 Å². The van der Waals surface area contributed by atoms with Gasteiger partial charge in [-0.1, -0.05) is 6.92 Å². The lowest BCUT2D eigenvalue weighted by Gasteiger charge is -2.22. The van der Waals surface area contributed by atoms with Crippen LogP contribution in [0.3, 0.4) is 0 Å². The Balaban J connectivity index is 0.00000288. The predicted octanol–water partition coefficient (Wildman–Crippen LogP) is 2.97. The summed E-state index contributed by atoms with van der Waals surface area (Å²) in [4.78, 5) is 23.8. The molecule has 1 aromatic rings. The first-order chi connectivity index (χ1) is 11.2. The molecule has 2 amide bonds. The van der Waals surface area contributed by atoms with Crippen LogP contribution in [0.5, 0.6) is 0 Å². The molecule has 1 aliphatic rings. The van der Waals surface area contributed by atoms with Gasteiger partial charge in [-0.25, -0.2) is 0 Å². The number of carbonyl (C=O) groups is 2. The maximum Gasteiger partial charge on any atom is 0.251 e. The van der Waals surface area contributed by atoms with Crippen molar-refractivity contribution in [1.82, 2.24) is 10.6 Å². The standard InChI is InChI=1S/C18H27N3O2.ClH/c1-2-11-20-18(23)15-4-6-16(7-5-15)21-17(22)8-3-14-9-12-19-13-10-14;/h4-7,14,19H,2-3,8-13H2,1H3,(H,20,23)(H,21,22);1H. The Morgan fingerprint density at radius 3 is 2.46 bits per heavy atom. The van der Waals surface area contributed by atoms with Gasteiger partial charge in [0, 0.05) is 24.2 Å². The lowest BCUT2D eigenvalue weighted by Crippen LogP contribution is -2.28. The number of halogens is 1. The topological polar surface area (TPSA) is 70.2 Å². The van der Waals surface area contributed by atoms with E-state index in [0.717, 1.165) is 44.5 Å². The van der Waals surface area contributed by atoms with Crippen LogP contribution in [-0.4, -0.2) is 31.4 Å². The zero-order valence-electron chi connectivity index (χ0n) is 14.3. The Bertz CT molecular complexity index is 514. The van der Waals surface area contributed by atoms with Gasteiger partial charge >= 0.3 is 0 Å². The van der Waals surface area contributed by atoms with Crippen molar-refractivity contribution in [2.45, 2.75) is 39.0 Å². The van der Waals surface area contributed by atoms with Crippen LogP contribution < -0.4 is 16.0 Å². The van der Waals surface area contributed by atoms with Crippen molar-refractivity contribution in [2.24, 2.45) is 5.92 Å². The molecule has 5 nitrogen and oxygen atoms in total. The maximum absolute atomic E-state index is 12.0. The molecule has 1 saturated heterocycles. The Labute approximate surface area is 150 Å². The summed E-state index contributed by atoms with van der Waals surface area (Å²) in [6.07, 6.45) is 4.75. The lowest BCUT2D eigenvalue weighted by molar-refractivity contribution is -0.116. The number of piperidine rings is 1. The molecule has 0 radical (unpaired) electrons. The molecule has 1 aromatic carbocycles. The van der Waals surface area contributed by atoms with Crippen LogP contribution in [0.2, 0.25) is 0 Å². The molecule has 0 bridgehead atoms. The van der Waals surface area contributed by atoms with Gasteiger partial charge in [-0.3, -0.25) is 9.59 Å². The summed E-state index contributed by atoms with van der Waals surface area (Å²) in [5.41, 5.74) is 1.36. The zero-order valence-corrected chi connectivity index (χ0v) is 15.1. The smallest absolute Gasteiger partial charge is 0.251 e. The highest BCUT2D eigenvalue weighted by atomic mass is 35.5. The second-order valence-corrected chi connectivity index (χ2v) is 6.11. The molecule has 0 aromatic heterocycles. The predicted molar refractivity (Wildman–Crippen MR) is 99.8 cm³/mol. The highest BCUT2D eigenvalue weighted by Crippen LogP contribution is 2.18. The Hall–Kier alpha value is -1.59. The minimum Gasteiger partial charge on any atom is -0.352 e. The number of benzene rings is 1. The lowest BCUT2D eigenvalue weighted by atomic mass is 9.93. The third kappa shape index (κ3) is 6.89. The Kier molecular flexibility index (Phi) is 9.42. The number of rotatable bonds is 7. The van der Waals surface area contributed by atoms with E-state index in [1.807, 2.05) is 6.92 Å². The maximum atomic E-state index is 12.0. The van der Waals surface area contributed by atoms with Gasteiger partial charge in [0.2, 0.25) is 5.91 Å². The van der Waals surface area contributed by atoms with E-state index in [9.17, 15) is 9.59 Å². The SMILES string of the molecule is CCCNC(=O)c1ccc(NC(=O)CCC2CCNCC2)cc1.Cl. The van der Waals surface area contributed by atoms with E-state index in [4.69, 9.17) is 0 Å². The molecule has 0 aliphatic carbocycles. The number of nitrogens with one attached hydrogen (secondary N) is 3. The molecule has 6 heteroatoms. The van der Waals surface area contributed by atoms with Crippen molar-refractivity contribution < 1.29 is 9.59 Å². The number of hydrogen-bond acceptors (Lipinski definition) is 3. The minimum absolute atomic E-state index is 0. The summed E-state index contributed by atoms with van der Waals surface area (Å²) in [7, 11) is 0. The normalized spacial score (nSPS) is 14.5. The zero-order chi connectivity index (χ0) is 16.5. The van der Waals surface area contributed by atoms with Gasteiger partial charge in [-0.05, 0) is 69.0 Å². The first-order valence-electron chi connectivity index (χ1n) is 8.58. The van der Waals surface area contributed by atoms with Gasteiger partial charge in [0.25, 0.3) is 5.91 Å². The van der Waals surface area contributed by atoms with E-state index < -0.39 is 0 Å². The summed E-state index contributed by atoms with van der Waals surface area (Å²) in [6.45, 7) is 4.82. The van der Waals surface area contributed by atoms with Crippen molar-refractivity contribution >= 4 is 29.9 Å². The average molecular weight is 354 g/mol. The average Bonchev–Trinajstić information content (AvgIpc) is 2.59. The van der Waals surface area contributed by atoms with Gasteiger partial charge < -0.3 is 16.0 Å². The summed E-state index contributed by atoms with van der Waals surface area (Å²) < 4.78 is 0. The van der Waals surface area contributed by atoms with Gasteiger partial charge in [-0.2, -0.15) is 0 Å². The fourth-order valence-corrected chi connectivity index (χ4v) is 2.77. The molecule has 3 N–H and O–H groups in total. The van der Waals surface area contributed by atoms with Crippen LogP contribution in [-0.2, 0) is 4.79 Å². The van der Waals surface area contributed by atoms with E-state index in [2.05, 4.69) is 16.0 Å². The molecule has 1 heterocycles. The third-order valence-electron chi connectivity index (χ3n) is 4.20. The number of anilines is 1. The highest BCUT2D eigenvalue weighted by Gasteiger charge is 2.14. The molecule has 2 rings (SSSR count). The monoisotopic (exact) mass is 353 g/mol. The molecular weight excluding hydrogens is 326 g/mol. The molecule has 0 atom stereocenters. The molecular formula is C18H28ClN3O2. The van der Waals surface area contributed by atoms with Crippen LogP contribution in [0, 0.1) is 5.92 Å². The highest BCUT2D eigenvalue weighted by molar-refractivity contribution is 5.95. The van der Waals surface area contributed by atoms with Gasteiger partial charge in [0.1, 0.15) is 0 Å². The summed E-state index contributed by atoms with van der Waals surface area (Å²) in [5.74, 6) is 0.633. The summed E-state index contributed by atoms with van der Waals surface area (Å²) >= 11 is 0. The Morgan fingerprint density at radius 2 is 1.83 bits per heavy atom. The van der Waals surface area contributed by atoms with Gasteiger partial charge in [0.15, 0.2) is 0 Å². The van der Waals surface area contributed by atoms with E-state index >= 15 is 0 Å². The molecule has 134 valence electrons. The second-order valence-electron chi connectivity index (χ2n) is 6.11. The third-order valence-corrected chi connectivity index (χ3v) is 4.20. The van der Waals surface area contributed by atoms with Crippen LogP contribution in [0.4, 0.5) is 5.69 Å². The van der Waals surface area contributed by atoms with Crippen LogP contribution in [0.1, 0.15) is 49.4 Å². The molecule has 0 unspecified atom stereocenters. The molecule has 0 saturated carbocycles. The van der Waals surface area contributed by atoms with Crippen LogP contribution in [0.15, 0.2) is 24.3 Å². The summed E-state index contributed by atoms with van der Waals surface area (Å²) in [6, 6.07) is 7.05. The fourth-order valence-electron chi connectivity index (χ4n) is 2.77. The van der Waals surface area contributed by atoms with E-state index in [-0.39, 0.29) is 24.2 Å². The van der Waals surface area contributed by atoms with Crippen molar-refractivity contribution in [3.8, 4) is 0 Å². The molecule has 0 spiro atoms. The van der Waals surface area contributed by atoms with Gasteiger partial charge in [-0.15, -0.1) is 12.4 Å². The number of hydrogen-bond donors (Lipinski definition) is 3. The Morgan fingerprint density at radius 1 is 1.17 bits per heavy atom. The van der Waals surface area contributed by atoms with Crippen molar-refractivity contribution in [3.05, 3.63) is 29.8 Å². The molecule has 24 heavy (non-hydrogen) atoms. The summed E-state index contributed by atoms with van der Waals surface area (Å²) in [5, 5.41) is 9.07. The first-order valence-corrected chi connectivity index (χ1v) is 8.58. The van der Waals surface area contributed by atoms with Crippen molar-refractivity contribution in [1.29, 1.82) is 0 Å².